The minimum Gasteiger partial charge on any atom is -0.463 e. The van der Waals surface area contributed by atoms with E-state index in [1.54, 1.807) is 0 Å². The fourth-order valence-corrected chi connectivity index (χ4v) is 1.01. The summed E-state index contributed by atoms with van der Waals surface area (Å²) in [5.41, 5.74) is 5.51. The van der Waals surface area contributed by atoms with Crippen LogP contribution in [0.4, 0.5) is 5.95 Å². The second-order valence-electron chi connectivity index (χ2n) is 3.15. The lowest BCUT2D eigenvalue weighted by Gasteiger charge is -2.07. The number of hydrogen-bond donors (Lipinski definition) is 1. The molecular formula is C10H18N4O3. The molecule has 1 heterocycles. The highest BCUT2D eigenvalue weighted by molar-refractivity contribution is 5.20. The number of nitrogen functional groups attached to an aromatic ring is 1. The summed E-state index contributed by atoms with van der Waals surface area (Å²) in [7, 11) is 0. The summed E-state index contributed by atoms with van der Waals surface area (Å²) in [6, 6.07) is 0.342. The Labute approximate surface area is 100 Å². The molecule has 0 amide bonds. The van der Waals surface area contributed by atoms with Gasteiger partial charge in [0.25, 0.3) is 0 Å². The lowest BCUT2D eigenvalue weighted by molar-refractivity contribution is 0.106. The lowest BCUT2D eigenvalue weighted by Crippen LogP contribution is -2.11. The molecule has 1 aromatic rings. The van der Waals surface area contributed by atoms with Gasteiger partial charge in [0.15, 0.2) is 0 Å². The first-order chi connectivity index (χ1) is 8.26. The molecule has 0 aliphatic heterocycles. The van der Waals surface area contributed by atoms with E-state index >= 15 is 0 Å². The predicted octanol–water partition coefficient (Wildman–Crippen LogP) is 0.658. The molecule has 7 nitrogen and oxygen atoms in total. The normalized spacial score (nSPS) is 10.2. The van der Waals surface area contributed by atoms with E-state index in [9.17, 15) is 0 Å². The summed E-state index contributed by atoms with van der Waals surface area (Å²) in [5.74, 6) is 0.0810. The van der Waals surface area contributed by atoms with E-state index in [0.717, 1.165) is 6.42 Å². The zero-order valence-electron chi connectivity index (χ0n) is 10.2. The number of nitrogens with zero attached hydrogens (tertiary/aromatic N) is 3. The van der Waals surface area contributed by atoms with Gasteiger partial charge in [0.05, 0.1) is 13.2 Å². The first kappa shape index (κ1) is 13.4. The molecule has 0 saturated heterocycles. The maximum Gasteiger partial charge on any atom is 0.324 e. The maximum absolute atomic E-state index is 5.51. The molecule has 7 heteroatoms. The molecule has 0 aromatic carbocycles. The average Bonchev–Trinajstić information content (AvgIpc) is 2.31. The highest BCUT2D eigenvalue weighted by atomic mass is 16.5. The number of aromatic nitrogens is 3. The Bertz CT molecular complexity index is 335. The Kier molecular flexibility index (Phi) is 6.02. The summed E-state index contributed by atoms with van der Waals surface area (Å²) < 4.78 is 15.6. The van der Waals surface area contributed by atoms with Gasteiger partial charge in [-0.15, -0.1) is 4.98 Å². The van der Waals surface area contributed by atoms with Gasteiger partial charge in [-0.25, -0.2) is 0 Å². The van der Waals surface area contributed by atoms with Crippen molar-refractivity contribution in [2.45, 2.75) is 20.3 Å². The summed E-state index contributed by atoms with van der Waals surface area (Å²) in [6.07, 6.45) is 0.867. The van der Waals surface area contributed by atoms with E-state index in [-0.39, 0.29) is 18.0 Å². The van der Waals surface area contributed by atoms with Crippen molar-refractivity contribution in [3.8, 4) is 12.0 Å². The van der Waals surface area contributed by atoms with Gasteiger partial charge >= 0.3 is 12.0 Å². The predicted molar refractivity (Wildman–Crippen MR) is 62.0 cm³/mol. The SMILES string of the molecule is CCCOc1nc(N)nc(OCCOCC)n1. The van der Waals surface area contributed by atoms with E-state index in [1.807, 2.05) is 13.8 Å². The molecule has 0 spiro atoms. The Morgan fingerprint density at radius 2 is 1.59 bits per heavy atom. The molecule has 0 bridgehead atoms. The second kappa shape index (κ2) is 7.61. The fourth-order valence-electron chi connectivity index (χ4n) is 1.01. The van der Waals surface area contributed by atoms with Crippen LogP contribution >= 0.6 is 0 Å². The summed E-state index contributed by atoms with van der Waals surface area (Å²) in [4.78, 5) is 11.6. The quantitative estimate of drug-likeness (QED) is 0.669. The second-order valence-corrected chi connectivity index (χ2v) is 3.15. The van der Waals surface area contributed by atoms with Crippen molar-refractivity contribution in [3.05, 3.63) is 0 Å². The van der Waals surface area contributed by atoms with Crippen molar-refractivity contribution in [2.75, 3.05) is 32.2 Å². The standard InChI is InChI=1S/C10H18N4O3/c1-3-5-16-9-12-8(11)13-10(14-9)17-7-6-15-4-2/h3-7H2,1-2H3,(H2,11,12,13,14). The highest BCUT2D eigenvalue weighted by Gasteiger charge is 2.06. The van der Waals surface area contributed by atoms with Crippen molar-refractivity contribution >= 4 is 5.95 Å². The lowest BCUT2D eigenvalue weighted by atomic mass is 10.5. The van der Waals surface area contributed by atoms with E-state index < -0.39 is 0 Å². The Morgan fingerprint density at radius 3 is 2.18 bits per heavy atom. The van der Waals surface area contributed by atoms with E-state index in [2.05, 4.69) is 15.0 Å². The minimum absolute atomic E-state index is 0.0810. The molecule has 0 aliphatic carbocycles. The van der Waals surface area contributed by atoms with E-state index in [1.165, 1.54) is 0 Å². The molecule has 0 saturated carbocycles. The van der Waals surface area contributed by atoms with Gasteiger partial charge in [-0.1, -0.05) is 6.92 Å². The molecule has 0 unspecified atom stereocenters. The fraction of sp³-hybridized carbons (Fsp3) is 0.700. The van der Waals surface area contributed by atoms with Crippen LogP contribution in [0.2, 0.25) is 0 Å². The molecule has 96 valence electrons. The third-order valence-corrected chi connectivity index (χ3v) is 1.71. The zero-order valence-corrected chi connectivity index (χ0v) is 10.2. The zero-order chi connectivity index (χ0) is 12.5. The van der Waals surface area contributed by atoms with Gasteiger partial charge in [-0.3, -0.25) is 0 Å². The van der Waals surface area contributed by atoms with Crippen molar-refractivity contribution in [1.82, 2.24) is 15.0 Å². The summed E-state index contributed by atoms with van der Waals surface area (Å²) >= 11 is 0. The van der Waals surface area contributed by atoms with Crippen molar-refractivity contribution in [2.24, 2.45) is 0 Å². The molecule has 1 rings (SSSR count). The van der Waals surface area contributed by atoms with Crippen LogP contribution in [0.15, 0.2) is 0 Å². The first-order valence-corrected chi connectivity index (χ1v) is 5.61. The molecule has 0 atom stereocenters. The third-order valence-electron chi connectivity index (χ3n) is 1.71. The van der Waals surface area contributed by atoms with Gasteiger partial charge in [0, 0.05) is 6.61 Å². The van der Waals surface area contributed by atoms with E-state index in [0.29, 0.717) is 26.4 Å². The van der Waals surface area contributed by atoms with Crippen LogP contribution in [0.1, 0.15) is 20.3 Å². The van der Waals surface area contributed by atoms with Gasteiger partial charge < -0.3 is 19.9 Å². The van der Waals surface area contributed by atoms with Crippen molar-refractivity contribution < 1.29 is 14.2 Å². The first-order valence-electron chi connectivity index (χ1n) is 5.61. The number of ether oxygens (including phenoxy) is 3. The van der Waals surface area contributed by atoms with Gasteiger partial charge in [-0.05, 0) is 13.3 Å². The van der Waals surface area contributed by atoms with Crippen LogP contribution in [0.25, 0.3) is 0 Å². The number of hydrogen-bond acceptors (Lipinski definition) is 7. The van der Waals surface area contributed by atoms with E-state index in [4.69, 9.17) is 19.9 Å². The number of anilines is 1. The van der Waals surface area contributed by atoms with Crippen molar-refractivity contribution in [3.63, 3.8) is 0 Å². The maximum atomic E-state index is 5.51. The van der Waals surface area contributed by atoms with Crippen molar-refractivity contribution in [1.29, 1.82) is 0 Å². The molecule has 0 radical (unpaired) electrons. The van der Waals surface area contributed by atoms with Gasteiger partial charge in [-0.2, -0.15) is 9.97 Å². The average molecular weight is 242 g/mol. The molecule has 17 heavy (non-hydrogen) atoms. The smallest absolute Gasteiger partial charge is 0.324 e. The van der Waals surface area contributed by atoms with Gasteiger partial charge in [0.1, 0.15) is 6.61 Å². The molecular weight excluding hydrogens is 224 g/mol. The monoisotopic (exact) mass is 242 g/mol. The topological polar surface area (TPSA) is 92.4 Å². The van der Waals surface area contributed by atoms with Crippen LogP contribution in [0, 0.1) is 0 Å². The molecule has 0 aliphatic rings. The molecule has 1 aromatic heterocycles. The Morgan fingerprint density at radius 1 is 0.941 bits per heavy atom. The van der Waals surface area contributed by atoms with Crippen LogP contribution in [0.5, 0.6) is 12.0 Å². The number of rotatable bonds is 8. The minimum atomic E-state index is 0.0810. The molecule has 0 fully saturated rings. The largest absolute Gasteiger partial charge is 0.463 e. The summed E-state index contributed by atoms with van der Waals surface area (Å²) in [6.45, 7) is 5.93. The summed E-state index contributed by atoms with van der Waals surface area (Å²) in [5, 5.41) is 0. The number of nitrogens with two attached hydrogens (primary N) is 1. The van der Waals surface area contributed by atoms with Crippen LogP contribution in [0.3, 0.4) is 0 Å². The van der Waals surface area contributed by atoms with Crippen LogP contribution in [-0.2, 0) is 4.74 Å². The van der Waals surface area contributed by atoms with Gasteiger partial charge in [0.2, 0.25) is 5.95 Å². The third kappa shape index (κ3) is 5.30. The van der Waals surface area contributed by atoms with Crippen LogP contribution < -0.4 is 15.2 Å². The van der Waals surface area contributed by atoms with Crippen LogP contribution in [-0.4, -0.2) is 41.4 Å². The molecule has 2 N–H and O–H groups in total. The Balaban J connectivity index is 2.50. The highest BCUT2D eigenvalue weighted by Crippen LogP contribution is 2.10. The Hall–Kier alpha value is -1.63.